The predicted molar refractivity (Wildman–Crippen MR) is 87.9 cm³/mol. The van der Waals surface area contributed by atoms with E-state index in [4.69, 9.17) is 9.47 Å². The number of carbonyl (C=O) groups excluding carboxylic acids is 1. The summed E-state index contributed by atoms with van der Waals surface area (Å²) in [5.41, 5.74) is 0.680. The lowest BCUT2D eigenvalue weighted by atomic mass is 10.1. The Kier molecular flexibility index (Phi) is 5.30. The second-order valence-corrected chi connectivity index (χ2v) is 5.94. The van der Waals surface area contributed by atoms with E-state index in [0.717, 1.165) is 51.6 Å². The van der Waals surface area contributed by atoms with Crippen molar-refractivity contribution in [3.8, 4) is 0 Å². The third kappa shape index (κ3) is 4.33. The van der Waals surface area contributed by atoms with Crippen molar-refractivity contribution in [1.29, 1.82) is 0 Å². The minimum Gasteiger partial charge on any atom is -0.378 e. The highest BCUT2D eigenvalue weighted by Gasteiger charge is 2.23. The summed E-state index contributed by atoms with van der Waals surface area (Å²) >= 11 is 0. The number of aromatic nitrogens is 1. The number of rotatable bonds is 4. The summed E-state index contributed by atoms with van der Waals surface area (Å²) in [6.45, 7) is 5.90. The Morgan fingerprint density at radius 1 is 1.35 bits per heavy atom. The number of amides is 2. The summed E-state index contributed by atoms with van der Waals surface area (Å²) in [7, 11) is 0. The van der Waals surface area contributed by atoms with Crippen molar-refractivity contribution in [2.45, 2.75) is 31.9 Å². The molecular weight excluding hydrogens is 296 g/mol. The predicted octanol–water partition coefficient (Wildman–Crippen LogP) is 1.61. The van der Waals surface area contributed by atoms with Crippen LogP contribution in [0, 0.1) is 0 Å². The molecule has 2 N–H and O–H groups in total. The van der Waals surface area contributed by atoms with Crippen LogP contribution in [0.4, 0.5) is 16.3 Å². The number of hydrogen-bond donors (Lipinski definition) is 2. The number of morpholine rings is 1. The molecule has 2 aliphatic heterocycles. The van der Waals surface area contributed by atoms with Crippen LogP contribution in [0.3, 0.4) is 0 Å². The first-order valence-electron chi connectivity index (χ1n) is 8.20. The van der Waals surface area contributed by atoms with Gasteiger partial charge in [0, 0.05) is 19.7 Å². The molecule has 0 unspecified atom stereocenters. The van der Waals surface area contributed by atoms with E-state index in [1.54, 1.807) is 6.20 Å². The van der Waals surface area contributed by atoms with Crippen LogP contribution in [0.15, 0.2) is 18.3 Å². The number of anilines is 2. The molecule has 2 aliphatic rings. The van der Waals surface area contributed by atoms with Gasteiger partial charge < -0.3 is 25.0 Å². The van der Waals surface area contributed by atoms with Crippen molar-refractivity contribution in [3.63, 3.8) is 0 Å². The van der Waals surface area contributed by atoms with Gasteiger partial charge in [-0.3, -0.25) is 0 Å². The quantitative estimate of drug-likeness (QED) is 0.881. The van der Waals surface area contributed by atoms with Gasteiger partial charge in [0.2, 0.25) is 0 Å². The molecule has 0 spiro atoms. The Morgan fingerprint density at radius 2 is 2.17 bits per heavy atom. The fraction of sp³-hybridized carbons (Fsp3) is 0.625. The average molecular weight is 320 g/mol. The topological polar surface area (TPSA) is 75.7 Å². The molecule has 0 aliphatic carbocycles. The van der Waals surface area contributed by atoms with Crippen LogP contribution >= 0.6 is 0 Å². The molecule has 1 aromatic rings. The molecule has 3 heterocycles. The van der Waals surface area contributed by atoms with Gasteiger partial charge in [-0.1, -0.05) is 0 Å². The van der Waals surface area contributed by atoms with Gasteiger partial charge in [0.15, 0.2) is 0 Å². The molecule has 126 valence electrons. The zero-order valence-electron chi connectivity index (χ0n) is 13.5. The van der Waals surface area contributed by atoms with E-state index >= 15 is 0 Å². The molecule has 0 saturated carbocycles. The molecule has 7 heteroatoms. The number of hydrogen-bond acceptors (Lipinski definition) is 5. The summed E-state index contributed by atoms with van der Waals surface area (Å²) in [5.74, 6) is 0.909. The fourth-order valence-corrected chi connectivity index (χ4v) is 2.90. The van der Waals surface area contributed by atoms with E-state index in [2.05, 4.69) is 20.5 Å². The first-order valence-corrected chi connectivity index (χ1v) is 8.20. The lowest BCUT2D eigenvalue weighted by Gasteiger charge is -2.27. The van der Waals surface area contributed by atoms with Crippen molar-refractivity contribution in [2.75, 3.05) is 43.1 Å². The maximum absolute atomic E-state index is 12.0. The zero-order valence-corrected chi connectivity index (χ0v) is 13.5. The Hall–Kier alpha value is -1.86. The number of nitrogens with one attached hydrogen (secondary N) is 2. The fourth-order valence-electron chi connectivity index (χ4n) is 2.90. The second-order valence-electron chi connectivity index (χ2n) is 5.94. The van der Waals surface area contributed by atoms with Gasteiger partial charge in [0.05, 0.1) is 37.2 Å². The van der Waals surface area contributed by atoms with Crippen LogP contribution in [0.2, 0.25) is 0 Å². The summed E-state index contributed by atoms with van der Waals surface area (Å²) in [5, 5.41) is 5.73. The molecule has 2 amide bonds. The van der Waals surface area contributed by atoms with Crippen molar-refractivity contribution in [1.82, 2.24) is 10.3 Å². The Balaban J connectivity index is 1.50. The number of ether oxygens (including phenoxy) is 2. The monoisotopic (exact) mass is 320 g/mol. The van der Waals surface area contributed by atoms with Gasteiger partial charge in [-0.05, 0) is 31.9 Å². The van der Waals surface area contributed by atoms with Crippen molar-refractivity contribution in [3.05, 3.63) is 18.3 Å². The third-order valence-electron chi connectivity index (χ3n) is 4.22. The highest BCUT2D eigenvalue weighted by atomic mass is 16.5. The molecule has 0 radical (unpaired) electrons. The van der Waals surface area contributed by atoms with Gasteiger partial charge in [0.1, 0.15) is 5.82 Å². The highest BCUT2D eigenvalue weighted by Crippen LogP contribution is 2.17. The van der Waals surface area contributed by atoms with Crippen LogP contribution in [0.1, 0.15) is 19.8 Å². The number of pyridine rings is 1. The lowest BCUT2D eigenvalue weighted by Crippen LogP contribution is -2.43. The van der Waals surface area contributed by atoms with Crippen LogP contribution in [-0.2, 0) is 9.47 Å². The molecule has 3 rings (SSSR count). The van der Waals surface area contributed by atoms with E-state index in [1.807, 2.05) is 19.1 Å². The number of urea groups is 1. The van der Waals surface area contributed by atoms with Gasteiger partial charge >= 0.3 is 6.03 Å². The van der Waals surface area contributed by atoms with Crippen molar-refractivity contribution >= 4 is 17.5 Å². The van der Waals surface area contributed by atoms with Crippen molar-refractivity contribution < 1.29 is 14.3 Å². The largest absolute Gasteiger partial charge is 0.378 e. The molecule has 0 bridgehead atoms. The molecule has 0 aromatic carbocycles. The van der Waals surface area contributed by atoms with Crippen LogP contribution < -0.4 is 15.5 Å². The molecule has 7 nitrogen and oxygen atoms in total. The van der Waals surface area contributed by atoms with Crippen LogP contribution in [0.5, 0.6) is 0 Å². The standard InChI is InChI=1S/C16H24N4O3/c1-12(14-3-2-8-23-14)18-16(21)19-13-4-5-15(17-11-13)20-6-9-22-10-7-20/h4-5,11-12,14H,2-3,6-10H2,1H3,(H2,18,19,21)/t12-,14+/m1/s1. The maximum atomic E-state index is 12.0. The summed E-state index contributed by atoms with van der Waals surface area (Å²) in [6.07, 6.45) is 3.85. The number of carbonyl (C=O) groups is 1. The minimum absolute atomic E-state index is 0.00178. The van der Waals surface area contributed by atoms with E-state index < -0.39 is 0 Å². The van der Waals surface area contributed by atoms with E-state index in [-0.39, 0.29) is 18.2 Å². The summed E-state index contributed by atoms with van der Waals surface area (Å²) in [6, 6.07) is 3.56. The average Bonchev–Trinajstić information content (AvgIpc) is 3.11. The molecule has 1 aromatic heterocycles. The van der Waals surface area contributed by atoms with Gasteiger partial charge in [-0.2, -0.15) is 0 Å². The number of nitrogens with zero attached hydrogens (tertiary/aromatic N) is 2. The molecular formula is C16H24N4O3. The molecule has 2 atom stereocenters. The van der Waals surface area contributed by atoms with Crippen LogP contribution in [0.25, 0.3) is 0 Å². The molecule has 2 saturated heterocycles. The van der Waals surface area contributed by atoms with Crippen LogP contribution in [-0.4, -0.2) is 56.1 Å². The smallest absolute Gasteiger partial charge is 0.319 e. The van der Waals surface area contributed by atoms with Gasteiger partial charge in [-0.15, -0.1) is 0 Å². The first-order chi connectivity index (χ1) is 11.2. The zero-order chi connectivity index (χ0) is 16.1. The Labute approximate surface area is 136 Å². The third-order valence-corrected chi connectivity index (χ3v) is 4.22. The lowest BCUT2D eigenvalue weighted by molar-refractivity contribution is 0.0868. The molecule has 2 fully saturated rings. The van der Waals surface area contributed by atoms with E-state index in [0.29, 0.717) is 5.69 Å². The highest BCUT2D eigenvalue weighted by molar-refractivity contribution is 5.89. The normalized spacial score (nSPS) is 22.7. The summed E-state index contributed by atoms with van der Waals surface area (Å²) < 4.78 is 10.9. The first kappa shape index (κ1) is 16.0. The molecule has 23 heavy (non-hydrogen) atoms. The minimum atomic E-state index is -0.228. The Morgan fingerprint density at radius 3 is 2.83 bits per heavy atom. The van der Waals surface area contributed by atoms with Gasteiger partial charge in [-0.25, -0.2) is 9.78 Å². The van der Waals surface area contributed by atoms with E-state index in [1.165, 1.54) is 0 Å². The second kappa shape index (κ2) is 7.61. The maximum Gasteiger partial charge on any atom is 0.319 e. The van der Waals surface area contributed by atoms with E-state index in [9.17, 15) is 4.79 Å². The summed E-state index contributed by atoms with van der Waals surface area (Å²) in [4.78, 5) is 18.6. The Bertz CT molecular complexity index is 511. The van der Waals surface area contributed by atoms with Gasteiger partial charge in [0.25, 0.3) is 0 Å². The SMILES string of the molecule is C[C@@H](NC(=O)Nc1ccc(N2CCOCC2)nc1)[C@@H]1CCCO1. The van der Waals surface area contributed by atoms with Crippen molar-refractivity contribution in [2.24, 2.45) is 0 Å².